The van der Waals surface area contributed by atoms with Crippen molar-refractivity contribution in [1.29, 1.82) is 0 Å². The zero-order valence-corrected chi connectivity index (χ0v) is 19.8. The minimum absolute atomic E-state index is 0.113. The van der Waals surface area contributed by atoms with Crippen LogP contribution in [0.2, 0.25) is 0 Å². The van der Waals surface area contributed by atoms with E-state index in [1.165, 1.54) is 6.92 Å². The predicted molar refractivity (Wildman–Crippen MR) is 130 cm³/mol. The zero-order valence-electron chi connectivity index (χ0n) is 18.9. The van der Waals surface area contributed by atoms with Crippen molar-refractivity contribution in [1.82, 2.24) is 19.2 Å². The van der Waals surface area contributed by atoms with Crippen LogP contribution in [-0.2, 0) is 14.4 Å². The lowest BCUT2D eigenvalue weighted by Gasteiger charge is -2.42. The summed E-state index contributed by atoms with van der Waals surface area (Å²) in [5.41, 5.74) is 0.728. The molecule has 1 aliphatic carbocycles. The highest BCUT2D eigenvalue weighted by atomic mass is 32.2. The Kier molecular flexibility index (Phi) is 7.17. The summed E-state index contributed by atoms with van der Waals surface area (Å²) < 4.78 is 3.92. The highest BCUT2D eigenvalue weighted by Gasteiger charge is 2.48. The van der Waals surface area contributed by atoms with Gasteiger partial charge in [0.2, 0.25) is 5.91 Å². The van der Waals surface area contributed by atoms with E-state index in [2.05, 4.69) is 19.8 Å². The van der Waals surface area contributed by atoms with Crippen molar-refractivity contribution < 1.29 is 14.4 Å². The molecule has 2 heterocycles. The number of nitrogens with one attached hydrogen (secondary N) is 1. The molecule has 4 rings (SSSR count). The smallest absolute Gasteiger partial charge is 0.334 e. The van der Waals surface area contributed by atoms with E-state index in [-0.39, 0.29) is 18.2 Å². The van der Waals surface area contributed by atoms with Crippen LogP contribution in [0.4, 0.5) is 0 Å². The molecule has 174 valence electrons. The fourth-order valence-electron chi connectivity index (χ4n) is 4.61. The molecule has 8 nitrogen and oxygen atoms in total. The summed E-state index contributed by atoms with van der Waals surface area (Å²) in [7, 11) is 0. The summed E-state index contributed by atoms with van der Waals surface area (Å²) in [5, 5.41) is 9.67. The zero-order chi connectivity index (χ0) is 23.3. The van der Waals surface area contributed by atoms with Crippen molar-refractivity contribution in [2.75, 3.05) is 6.54 Å². The number of allylic oxidation sites excluding steroid dienone is 2. The van der Waals surface area contributed by atoms with E-state index in [1.807, 2.05) is 52.6 Å². The van der Waals surface area contributed by atoms with Crippen molar-refractivity contribution in [2.24, 2.45) is 11.1 Å². The molecule has 0 radical (unpaired) electrons. The number of imidazole rings is 1. The van der Waals surface area contributed by atoms with Gasteiger partial charge in [-0.25, -0.2) is 9.78 Å². The van der Waals surface area contributed by atoms with Crippen LogP contribution >= 0.6 is 11.9 Å². The number of amides is 1. The summed E-state index contributed by atoms with van der Waals surface area (Å²) in [5.74, 6) is -0.0252. The van der Waals surface area contributed by atoms with Crippen LogP contribution in [0, 0.1) is 5.92 Å². The number of para-hydroxylation sites is 2. The minimum Gasteiger partial charge on any atom is -0.342 e. The highest BCUT2D eigenvalue weighted by Crippen LogP contribution is 2.38. The number of carbonyl (C=O) groups is 2. The fraction of sp³-hybridized carbons (Fsp3) is 0.417. The normalized spacial score (nSPS) is 18.5. The maximum Gasteiger partial charge on any atom is 0.334 e. The Morgan fingerprint density at radius 3 is 2.76 bits per heavy atom. The van der Waals surface area contributed by atoms with Gasteiger partial charge in [0.1, 0.15) is 11.9 Å². The maximum absolute atomic E-state index is 12.6. The lowest BCUT2D eigenvalue weighted by molar-refractivity contribution is -0.143. The average molecular weight is 468 g/mol. The van der Waals surface area contributed by atoms with E-state index in [9.17, 15) is 9.59 Å². The quantitative estimate of drug-likeness (QED) is 0.216. The number of benzene rings is 1. The molecule has 1 amide bonds. The molecular formula is C24H29N5O3S. The molecule has 1 N–H and O–H groups in total. The highest BCUT2D eigenvalue weighted by molar-refractivity contribution is 8.00. The Morgan fingerprint density at radius 1 is 1.27 bits per heavy atom. The number of oxime groups is 1. The van der Waals surface area contributed by atoms with Gasteiger partial charge in [-0.3, -0.25) is 9.36 Å². The Hall–Kier alpha value is -3.07. The first-order valence-electron chi connectivity index (χ1n) is 11.3. The first-order valence-corrected chi connectivity index (χ1v) is 12.1. The van der Waals surface area contributed by atoms with Gasteiger partial charge in [-0.15, -0.1) is 0 Å². The summed E-state index contributed by atoms with van der Waals surface area (Å²) in [4.78, 5) is 34.7. The molecule has 1 fully saturated rings. The van der Waals surface area contributed by atoms with Gasteiger partial charge in [0, 0.05) is 19.5 Å². The molecule has 9 heteroatoms. The molecule has 1 atom stereocenters. The summed E-state index contributed by atoms with van der Waals surface area (Å²) in [6, 6.07) is 7.73. The van der Waals surface area contributed by atoms with Crippen LogP contribution in [0.5, 0.6) is 0 Å². The van der Waals surface area contributed by atoms with Gasteiger partial charge in [-0.1, -0.05) is 43.1 Å². The van der Waals surface area contributed by atoms with Crippen LogP contribution in [0.15, 0.2) is 59.5 Å². The van der Waals surface area contributed by atoms with Crippen molar-refractivity contribution >= 4 is 40.7 Å². The molecule has 33 heavy (non-hydrogen) atoms. The van der Waals surface area contributed by atoms with Gasteiger partial charge in [0.05, 0.1) is 17.6 Å². The van der Waals surface area contributed by atoms with E-state index < -0.39 is 11.5 Å². The number of nitrogens with zero attached hydrogens (tertiary/aromatic N) is 4. The summed E-state index contributed by atoms with van der Waals surface area (Å²) in [6.07, 6.45) is 11.8. The molecule has 2 aliphatic rings. The second-order valence-corrected chi connectivity index (χ2v) is 9.27. The van der Waals surface area contributed by atoms with Gasteiger partial charge in [0.15, 0.2) is 5.84 Å². The van der Waals surface area contributed by atoms with Gasteiger partial charge in [0.25, 0.3) is 0 Å². The third-order valence-corrected chi connectivity index (χ3v) is 6.90. The first kappa shape index (κ1) is 23.1. The number of carbonyl (C=O) groups excluding carboxylic acids is 2. The summed E-state index contributed by atoms with van der Waals surface area (Å²) in [6.45, 7) is 3.70. The molecule has 1 saturated carbocycles. The fourth-order valence-corrected chi connectivity index (χ4v) is 5.35. The van der Waals surface area contributed by atoms with Crippen LogP contribution < -0.4 is 5.32 Å². The van der Waals surface area contributed by atoms with Gasteiger partial charge >= 0.3 is 5.97 Å². The largest absolute Gasteiger partial charge is 0.342 e. The molecular weight excluding hydrogens is 438 g/mol. The SMILES string of the molecule is CCC(=O)O/N=C(\n1cnc2ccccc21)C(CN1C=CC=CS1)(NC(C)=O)C1CCCC1. The minimum atomic E-state index is -0.900. The van der Waals surface area contributed by atoms with E-state index in [4.69, 9.17) is 4.84 Å². The molecule has 1 aliphatic heterocycles. The second-order valence-electron chi connectivity index (χ2n) is 8.32. The van der Waals surface area contributed by atoms with Crippen molar-refractivity contribution in [3.05, 3.63) is 54.4 Å². The van der Waals surface area contributed by atoms with Gasteiger partial charge in [-0.05, 0) is 54.3 Å². The topological polar surface area (TPSA) is 88.8 Å². The standard InChI is InChI=1S/C24H29N5O3S/c1-3-22(31)32-27-23(29-17-25-20-12-6-7-13-21(20)29)24(26-18(2)30,19-10-4-5-11-19)16-28-14-8-9-15-33-28/h6-9,12-15,17,19H,3-5,10-11,16H2,1-2H3,(H,26,30)/b27-23-. The molecule has 1 unspecified atom stereocenters. The van der Waals surface area contributed by atoms with E-state index in [1.54, 1.807) is 25.2 Å². The number of fused-ring (bicyclic) bond motifs is 1. The van der Waals surface area contributed by atoms with E-state index in [0.717, 1.165) is 36.7 Å². The Bertz CT molecular complexity index is 1100. The number of rotatable bonds is 7. The first-order chi connectivity index (χ1) is 16.0. The Morgan fingerprint density at radius 2 is 2.06 bits per heavy atom. The molecule has 0 bridgehead atoms. The summed E-state index contributed by atoms with van der Waals surface area (Å²) >= 11 is 1.55. The van der Waals surface area contributed by atoms with Crippen molar-refractivity contribution in [2.45, 2.75) is 51.5 Å². The van der Waals surface area contributed by atoms with Crippen molar-refractivity contribution in [3.8, 4) is 0 Å². The number of hydrogen-bond acceptors (Lipinski definition) is 7. The molecule has 0 saturated heterocycles. The van der Waals surface area contributed by atoms with Crippen LogP contribution in [-0.4, -0.2) is 43.7 Å². The molecule has 2 aromatic rings. The van der Waals surface area contributed by atoms with Gasteiger partial charge in [-0.2, -0.15) is 0 Å². The van der Waals surface area contributed by atoms with Crippen LogP contribution in [0.25, 0.3) is 11.0 Å². The predicted octanol–water partition coefficient (Wildman–Crippen LogP) is 4.21. The van der Waals surface area contributed by atoms with E-state index >= 15 is 0 Å². The van der Waals surface area contributed by atoms with Crippen molar-refractivity contribution in [3.63, 3.8) is 0 Å². The molecule has 0 spiro atoms. The van der Waals surface area contributed by atoms with Crippen LogP contribution in [0.3, 0.4) is 0 Å². The van der Waals surface area contributed by atoms with E-state index in [0.29, 0.717) is 12.4 Å². The third kappa shape index (κ3) is 4.98. The lowest BCUT2D eigenvalue weighted by Crippen LogP contribution is -2.64. The molecule has 1 aromatic heterocycles. The Balaban J connectivity index is 1.90. The third-order valence-electron chi connectivity index (χ3n) is 6.10. The average Bonchev–Trinajstić information content (AvgIpc) is 3.50. The number of aromatic nitrogens is 2. The molecule has 1 aromatic carbocycles. The Labute approximate surface area is 197 Å². The number of hydrogen-bond donors (Lipinski definition) is 1. The van der Waals surface area contributed by atoms with Gasteiger partial charge < -0.3 is 14.5 Å². The lowest BCUT2D eigenvalue weighted by atomic mass is 9.80. The monoisotopic (exact) mass is 467 g/mol. The maximum atomic E-state index is 12.6. The van der Waals surface area contributed by atoms with Crippen LogP contribution in [0.1, 0.15) is 46.0 Å². The second kappa shape index (κ2) is 10.2.